The van der Waals surface area contributed by atoms with E-state index in [0.29, 0.717) is 35.4 Å². The highest BCUT2D eigenvalue weighted by atomic mass is 19.1. The summed E-state index contributed by atoms with van der Waals surface area (Å²) in [6.07, 6.45) is 4.94. The van der Waals surface area contributed by atoms with Gasteiger partial charge in [-0.3, -0.25) is 9.78 Å². The summed E-state index contributed by atoms with van der Waals surface area (Å²) in [6, 6.07) is 9.20. The molecule has 0 saturated heterocycles. The molecule has 0 bridgehead atoms. The largest absolute Gasteiger partial charge is 0.487 e. The molecule has 0 radical (unpaired) electrons. The predicted octanol–water partition coefficient (Wildman–Crippen LogP) is 5.96. The number of benzene rings is 1. The van der Waals surface area contributed by atoms with Crippen LogP contribution in [0.2, 0.25) is 0 Å². The van der Waals surface area contributed by atoms with E-state index in [4.69, 9.17) is 9.47 Å². The molecule has 0 spiro atoms. The molecule has 4 rings (SSSR count). The molecule has 3 aromatic rings. The molecule has 2 aromatic heterocycles. The maximum absolute atomic E-state index is 14.6. The van der Waals surface area contributed by atoms with E-state index in [0.717, 1.165) is 18.4 Å². The van der Waals surface area contributed by atoms with Crippen LogP contribution in [0.25, 0.3) is 11.3 Å². The number of aromatic nitrogens is 3. The highest BCUT2D eigenvalue weighted by Crippen LogP contribution is 2.45. The second-order valence-electron chi connectivity index (χ2n) is 10.6. The van der Waals surface area contributed by atoms with E-state index in [-0.39, 0.29) is 35.8 Å². The van der Waals surface area contributed by atoms with Crippen LogP contribution in [0, 0.1) is 24.1 Å². The van der Waals surface area contributed by atoms with Crippen LogP contribution in [0.15, 0.2) is 42.7 Å². The average molecular weight is 494 g/mol. The number of pyridine rings is 1. The number of hydrogen-bond acceptors (Lipinski definition) is 6. The zero-order valence-corrected chi connectivity index (χ0v) is 21.1. The Morgan fingerprint density at radius 1 is 1.17 bits per heavy atom. The monoisotopic (exact) mass is 493 g/mol. The first-order valence-electron chi connectivity index (χ1n) is 12.1. The SMILES string of the molecule is Cc1cc(-c2ncc(COc3cccc([C@@H](CC(=O)O)C4CC4)c3)nc2OCC(C)(C)C)c(F)cn1. The molecule has 36 heavy (non-hydrogen) atoms. The first-order chi connectivity index (χ1) is 17.1. The van der Waals surface area contributed by atoms with Gasteiger partial charge in [-0.1, -0.05) is 32.9 Å². The van der Waals surface area contributed by atoms with Gasteiger partial charge in [-0.2, -0.15) is 0 Å². The fourth-order valence-corrected chi connectivity index (χ4v) is 4.01. The Bertz CT molecular complexity index is 1240. The topological polar surface area (TPSA) is 94.4 Å². The van der Waals surface area contributed by atoms with Crippen molar-refractivity contribution in [3.05, 3.63) is 65.5 Å². The van der Waals surface area contributed by atoms with Gasteiger partial charge in [-0.15, -0.1) is 0 Å². The highest BCUT2D eigenvalue weighted by Gasteiger charge is 2.33. The molecular weight excluding hydrogens is 461 g/mol. The summed E-state index contributed by atoms with van der Waals surface area (Å²) in [4.78, 5) is 24.4. The van der Waals surface area contributed by atoms with E-state index in [1.54, 1.807) is 19.2 Å². The number of carboxylic acids is 1. The van der Waals surface area contributed by atoms with Gasteiger partial charge in [0.25, 0.3) is 0 Å². The van der Waals surface area contributed by atoms with Gasteiger partial charge in [0.15, 0.2) is 5.82 Å². The van der Waals surface area contributed by atoms with Crippen LogP contribution in [0.3, 0.4) is 0 Å². The molecule has 1 saturated carbocycles. The zero-order chi connectivity index (χ0) is 25.9. The van der Waals surface area contributed by atoms with Gasteiger partial charge < -0.3 is 14.6 Å². The van der Waals surface area contributed by atoms with Crippen LogP contribution in [0.5, 0.6) is 11.6 Å². The Hall–Kier alpha value is -3.55. The van der Waals surface area contributed by atoms with Gasteiger partial charge in [0.05, 0.1) is 25.4 Å². The van der Waals surface area contributed by atoms with Gasteiger partial charge in [-0.25, -0.2) is 14.4 Å². The Kier molecular flexibility index (Phi) is 7.52. The summed E-state index contributed by atoms with van der Waals surface area (Å²) < 4.78 is 26.6. The third-order valence-electron chi connectivity index (χ3n) is 5.94. The number of ether oxygens (including phenoxy) is 2. The van der Waals surface area contributed by atoms with Crippen molar-refractivity contribution in [1.82, 2.24) is 15.0 Å². The molecule has 0 amide bonds. The standard InChI is InChI=1S/C28H32FN3O4/c1-17-10-23(24(29)14-30-17)26-27(36-16-28(2,3)4)32-20(13-31-26)15-35-21-7-5-6-19(11-21)22(12-25(33)34)18-8-9-18/h5-7,10-11,13-14,18,22H,8-9,12,15-16H2,1-4H3,(H,33,34)/t22-/m0/s1. The van der Waals surface area contributed by atoms with E-state index in [1.807, 2.05) is 45.0 Å². The van der Waals surface area contributed by atoms with E-state index in [9.17, 15) is 14.3 Å². The minimum absolute atomic E-state index is 0.0127. The van der Waals surface area contributed by atoms with E-state index in [2.05, 4.69) is 15.0 Å². The number of nitrogens with zero attached hydrogens (tertiary/aromatic N) is 3. The zero-order valence-electron chi connectivity index (χ0n) is 21.1. The molecule has 0 unspecified atom stereocenters. The molecule has 1 aliphatic rings. The summed E-state index contributed by atoms with van der Waals surface area (Å²) in [6.45, 7) is 8.41. The van der Waals surface area contributed by atoms with Crippen molar-refractivity contribution in [2.24, 2.45) is 11.3 Å². The lowest BCUT2D eigenvalue weighted by atomic mass is 9.91. The summed E-state index contributed by atoms with van der Waals surface area (Å²) in [7, 11) is 0. The van der Waals surface area contributed by atoms with Crippen molar-refractivity contribution in [1.29, 1.82) is 0 Å². The molecular formula is C28H32FN3O4. The minimum atomic E-state index is -0.794. The quantitative estimate of drug-likeness (QED) is 0.372. The normalized spacial score (nSPS) is 14.4. The Balaban J connectivity index is 1.55. The Morgan fingerprint density at radius 3 is 2.64 bits per heavy atom. The van der Waals surface area contributed by atoms with Crippen molar-refractivity contribution in [2.75, 3.05) is 6.61 Å². The molecule has 8 heteroatoms. The van der Waals surface area contributed by atoms with Crippen LogP contribution >= 0.6 is 0 Å². The Morgan fingerprint density at radius 2 is 1.94 bits per heavy atom. The number of aliphatic carboxylic acids is 1. The Labute approximate surface area is 210 Å². The van der Waals surface area contributed by atoms with Crippen LogP contribution in [-0.2, 0) is 11.4 Å². The number of halogens is 1. The van der Waals surface area contributed by atoms with Crippen molar-refractivity contribution in [2.45, 2.75) is 59.5 Å². The fraction of sp³-hybridized carbons (Fsp3) is 0.429. The number of carbonyl (C=O) groups is 1. The van der Waals surface area contributed by atoms with Crippen molar-refractivity contribution in [3.63, 3.8) is 0 Å². The molecule has 7 nitrogen and oxygen atoms in total. The summed E-state index contributed by atoms with van der Waals surface area (Å²) in [5, 5.41) is 9.31. The maximum Gasteiger partial charge on any atom is 0.303 e. The van der Waals surface area contributed by atoms with Gasteiger partial charge in [0, 0.05) is 11.3 Å². The molecule has 0 aliphatic heterocycles. The lowest BCUT2D eigenvalue weighted by molar-refractivity contribution is -0.137. The number of carboxylic acid groups (broad SMARTS) is 1. The molecule has 1 fully saturated rings. The number of aryl methyl sites for hydroxylation is 1. The van der Waals surface area contributed by atoms with Crippen LogP contribution < -0.4 is 9.47 Å². The highest BCUT2D eigenvalue weighted by molar-refractivity contribution is 5.68. The minimum Gasteiger partial charge on any atom is -0.487 e. The second-order valence-corrected chi connectivity index (χ2v) is 10.6. The van der Waals surface area contributed by atoms with Crippen molar-refractivity contribution < 1.29 is 23.8 Å². The molecule has 1 aliphatic carbocycles. The second kappa shape index (κ2) is 10.6. The third-order valence-corrected chi connectivity index (χ3v) is 5.94. The molecule has 1 N–H and O–H groups in total. The van der Waals surface area contributed by atoms with Crippen molar-refractivity contribution in [3.8, 4) is 22.9 Å². The lowest BCUT2D eigenvalue weighted by Crippen LogP contribution is -2.18. The smallest absolute Gasteiger partial charge is 0.303 e. The first kappa shape index (κ1) is 25.5. The van der Waals surface area contributed by atoms with Crippen molar-refractivity contribution >= 4 is 5.97 Å². The predicted molar refractivity (Wildman–Crippen MR) is 133 cm³/mol. The first-order valence-corrected chi connectivity index (χ1v) is 12.1. The number of hydrogen-bond donors (Lipinski definition) is 1. The molecule has 1 atom stereocenters. The van der Waals surface area contributed by atoms with E-state index in [1.165, 1.54) is 6.20 Å². The lowest BCUT2D eigenvalue weighted by Gasteiger charge is -2.20. The van der Waals surface area contributed by atoms with Gasteiger partial charge in [-0.05, 0) is 60.8 Å². The van der Waals surface area contributed by atoms with E-state index < -0.39 is 11.8 Å². The van der Waals surface area contributed by atoms with Crippen LogP contribution in [0.4, 0.5) is 4.39 Å². The average Bonchev–Trinajstić information content (AvgIpc) is 3.66. The van der Waals surface area contributed by atoms with E-state index >= 15 is 0 Å². The number of rotatable bonds is 10. The third kappa shape index (κ3) is 6.77. The molecule has 1 aromatic carbocycles. The fourth-order valence-electron chi connectivity index (χ4n) is 4.01. The van der Waals surface area contributed by atoms with Gasteiger partial charge in [0.2, 0.25) is 5.88 Å². The summed E-state index contributed by atoms with van der Waals surface area (Å²) in [5.41, 5.74) is 2.62. The maximum atomic E-state index is 14.6. The molecule has 2 heterocycles. The van der Waals surface area contributed by atoms with Gasteiger partial charge >= 0.3 is 5.97 Å². The summed E-state index contributed by atoms with van der Waals surface area (Å²) in [5.74, 6) is -0.0299. The van der Waals surface area contributed by atoms with Crippen LogP contribution in [-0.4, -0.2) is 32.6 Å². The summed E-state index contributed by atoms with van der Waals surface area (Å²) >= 11 is 0. The van der Waals surface area contributed by atoms with Crippen LogP contribution in [0.1, 0.15) is 62.9 Å². The molecule has 190 valence electrons. The van der Waals surface area contributed by atoms with Gasteiger partial charge in [0.1, 0.15) is 23.7 Å².